The zero-order valence-electron chi connectivity index (χ0n) is 11.3. The molecule has 1 aromatic heterocycles. The van der Waals surface area contributed by atoms with Gasteiger partial charge in [0.05, 0.1) is 18.4 Å². The standard InChI is InChI=1S/C12H20ClN3O2/c1-5-14-11-15-8-9(13)10(16-11)18-7-6-12(2,3)17-4/h8H,5-7H2,1-4H3,(H,14,15,16). The van der Waals surface area contributed by atoms with Crippen molar-refractivity contribution >= 4 is 17.5 Å². The highest BCUT2D eigenvalue weighted by molar-refractivity contribution is 6.31. The number of ether oxygens (including phenoxy) is 2. The first kappa shape index (κ1) is 15.0. The van der Waals surface area contributed by atoms with Gasteiger partial charge in [0, 0.05) is 20.1 Å². The molecule has 0 fully saturated rings. The first-order valence-electron chi connectivity index (χ1n) is 5.93. The van der Waals surface area contributed by atoms with Crippen LogP contribution in [0.25, 0.3) is 0 Å². The number of anilines is 1. The van der Waals surface area contributed by atoms with E-state index in [4.69, 9.17) is 21.1 Å². The van der Waals surface area contributed by atoms with E-state index in [0.717, 1.165) is 13.0 Å². The molecule has 1 heterocycles. The average molecular weight is 274 g/mol. The van der Waals surface area contributed by atoms with Crippen LogP contribution in [0, 0.1) is 0 Å². The minimum Gasteiger partial charge on any atom is -0.476 e. The summed E-state index contributed by atoms with van der Waals surface area (Å²) in [5.74, 6) is 0.914. The fraction of sp³-hybridized carbons (Fsp3) is 0.667. The lowest BCUT2D eigenvalue weighted by molar-refractivity contribution is 0.00510. The molecule has 0 spiro atoms. The third-order valence-electron chi connectivity index (χ3n) is 2.54. The Balaban J connectivity index is 2.58. The number of hydrogen-bond acceptors (Lipinski definition) is 5. The van der Waals surface area contributed by atoms with E-state index in [-0.39, 0.29) is 5.60 Å². The smallest absolute Gasteiger partial charge is 0.237 e. The third kappa shape index (κ3) is 4.66. The highest BCUT2D eigenvalue weighted by atomic mass is 35.5. The number of nitrogens with zero attached hydrogens (tertiary/aromatic N) is 2. The lowest BCUT2D eigenvalue weighted by Crippen LogP contribution is -2.25. The minimum atomic E-state index is -0.218. The first-order chi connectivity index (χ1) is 8.48. The Morgan fingerprint density at radius 2 is 2.17 bits per heavy atom. The van der Waals surface area contributed by atoms with Gasteiger partial charge < -0.3 is 14.8 Å². The molecular formula is C12H20ClN3O2. The van der Waals surface area contributed by atoms with E-state index in [1.807, 2.05) is 20.8 Å². The molecule has 0 aliphatic carbocycles. The fourth-order valence-electron chi connectivity index (χ4n) is 1.19. The minimum absolute atomic E-state index is 0.218. The van der Waals surface area contributed by atoms with Gasteiger partial charge in [-0.25, -0.2) is 4.98 Å². The van der Waals surface area contributed by atoms with Crippen LogP contribution >= 0.6 is 11.6 Å². The van der Waals surface area contributed by atoms with Crippen molar-refractivity contribution in [3.63, 3.8) is 0 Å². The summed E-state index contributed by atoms with van der Waals surface area (Å²) in [4.78, 5) is 8.23. The van der Waals surface area contributed by atoms with Gasteiger partial charge in [0.15, 0.2) is 0 Å². The Morgan fingerprint density at radius 1 is 1.44 bits per heavy atom. The molecular weight excluding hydrogens is 254 g/mol. The van der Waals surface area contributed by atoms with Gasteiger partial charge in [-0.3, -0.25) is 0 Å². The van der Waals surface area contributed by atoms with Crippen molar-refractivity contribution in [1.82, 2.24) is 9.97 Å². The first-order valence-corrected chi connectivity index (χ1v) is 6.30. The highest BCUT2D eigenvalue weighted by Gasteiger charge is 2.16. The van der Waals surface area contributed by atoms with Gasteiger partial charge in [0.2, 0.25) is 11.8 Å². The number of aromatic nitrogens is 2. The number of nitrogens with one attached hydrogen (secondary N) is 1. The largest absolute Gasteiger partial charge is 0.476 e. The molecule has 1 rings (SSSR count). The summed E-state index contributed by atoms with van der Waals surface area (Å²) in [6.45, 7) is 7.21. The Kier molecular flexibility index (Phi) is 5.62. The molecule has 1 N–H and O–H groups in total. The zero-order chi connectivity index (χ0) is 13.6. The molecule has 0 unspecified atom stereocenters. The van der Waals surface area contributed by atoms with Crippen LogP contribution in [0.3, 0.4) is 0 Å². The molecule has 0 aromatic carbocycles. The van der Waals surface area contributed by atoms with E-state index in [1.165, 1.54) is 6.20 Å². The molecule has 0 aliphatic heterocycles. The second kappa shape index (κ2) is 6.75. The van der Waals surface area contributed by atoms with Crippen molar-refractivity contribution < 1.29 is 9.47 Å². The van der Waals surface area contributed by atoms with Crippen LogP contribution < -0.4 is 10.1 Å². The van der Waals surface area contributed by atoms with E-state index in [1.54, 1.807) is 7.11 Å². The molecule has 0 radical (unpaired) electrons. The summed E-state index contributed by atoms with van der Waals surface area (Å²) < 4.78 is 10.9. The van der Waals surface area contributed by atoms with Crippen molar-refractivity contribution in [2.45, 2.75) is 32.8 Å². The second-order valence-electron chi connectivity index (χ2n) is 4.44. The van der Waals surface area contributed by atoms with E-state index >= 15 is 0 Å². The molecule has 0 atom stereocenters. The summed E-state index contributed by atoms with van der Waals surface area (Å²) in [7, 11) is 1.68. The van der Waals surface area contributed by atoms with Gasteiger partial charge in [-0.2, -0.15) is 4.98 Å². The van der Waals surface area contributed by atoms with Gasteiger partial charge in [0.1, 0.15) is 5.02 Å². The predicted octanol–water partition coefficient (Wildman–Crippen LogP) is 2.76. The van der Waals surface area contributed by atoms with Gasteiger partial charge in [-0.1, -0.05) is 11.6 Å². The van der Waals surface area contributed by atoms with Crippen molar-refractivity contribution in [3.05, 3.63) is 11.2 Å². The molecule has 0 amide bonds. The molecule has 0 saturated carbocycles. The Labute approximate surface area is 113 Å². The molecule has 5 nitrogen and oxygen atoms in total. The topological polar surface area (TPSA) is 56.3 Å². The fourth-order valence-corrected chi connectivity index (χ4v) is 1.34. The van der Waals surface area contributed by atoms with Crippen LogP contribution in [0.2, 0.25) is 5.02 Å². The SMILES string of the molecule is CCNc1ncc(Cl)c(OCCC(C)(C)OC)n1. The summed E-state index contributed by atoms with van der Waals surface area (Å²) >= 11 is 5.97. The molecule has 102 valence electrons. The van der Waals surface area contributed by atoms with Crippen molar-refractivity contribution in [3.8, 4) is 5.88 Å². The number of rotatable bonds is 7. The quantitative estimate of drug-likeness (QED) is 0.828. The molecule has 0 bridgehead atoms. The highest BCUT2D eigenvalue weighted by Crippen LogP contribution is 2.23. The Bertz CT molecular complexity index is 386. The maximum Gasteiger partial charge on any atom is 0.237 e. The summed E-state index contributed by atoms with van der Waals surface area (Å²) in [5, 5.41) is 3.42. The van der Waals surface area contributed by atoms with E-state index in [9.17, 15) is 0 Å². The van der Waals surface area contributed by atoms with Gasteiger partial charge in [-0.05, 0) is 20.8 Å². The zero-order valence-corrected chi connectivity index (χ0v) is 12.0. The monoisotopic (exact) mass is 273 g/mol. The summed E-state index contributed by atoms with van der Waals surface area (Å²) in [6, 6.07) is 0. The third-order valence-corrected chi connectivity index (χ3v) is 2.80. The van der Waals surface area contributed by atoms with E-state index < -0.39 is 0 Å². The van der Waals surface area contributed by atoms with Crippen LogP contribution in [0.5, 0.6) is 5.88 Å². The number of hydrogen-bond donors (Lipinski definition) is 1. The van der Waals surface area contributed by atoms with Crippen LogP contribution in [0.1, 0.15) is 27.2 Å². The van der Waals surface area contributed by atoms with Crippen LogP contribution in [0.4, 0.5) is 5.95 Å². The molecule has 18 heavy (non-hydrogen) atoms. The summed E-state index contributed by atoms with van der Waals surface area (Å²) in [6.07, 6.45) is 2.28. The maximum atomic E-state index is 5.97. The van der Waals surface area contributed by atoms with Gasteiger partial charge in [0.25, 0.3) is 0 Å². The Morgan fingerprint density at radius 3 is 2.78 bits per heavy atom. The lowest BCUT2D eigenvalue weighted by atomic mass is 10.1. The Hall–Kier alpha value is -1.07. The number of methoxy groups -OCH3 is 1. The average Bonchev–Trinajstić information content (AvgIpc) is 2.33. The van der Waals surface area contributed by atoms with Crippen LogP contribution in [-0.4, -0.2) is 35.8 Å². The molecule has 1 aromatic rings. The molecule has 0 saturated heterocycles. The van der Waals surface area contributed by atoms with Crippen molar-refractivity contribution in [1.29, 1.82) is 0 Å². The summed E-state index contributed by atoms with van der Waals surface area (Å²) in [5.41, 5.74) is -0.218. The van der Waals surface area contributed by atoms with Crippen molar-refractivity contribution in [2.75, 3.05) is 25.6 Å². The van der Waals surface area contributed by atoms with Gasteiger partial charge in [-0.15, -0.1) is 0 Å². The molecule has 6 heteroatoms. The number of halogens is 1. The normalized spacial score (nSPS) is 11.4. The molecule has 0 aliphatic rings. The predicted molar refractivity (Wildman–Crippen MR) is 72.4 cm³/mol. The van der Waals surface area contributed by atoms with Crippen molar-refractivity contribution in [2.24, 2.45) is 0 Å². The lowest BCUT2D eigenvalue weighted by Gasteiger charge is -2.22. The van der Waals surface area contributed by atoms with E-state index in [0.29, 0.717) is 23.5 Å². The van der Waals surface area contributed by atoms with Gasteiger partial charge >= 0.3 is 0 Å². The van der Waals surface area contributed by atoms with Crippen LogP contribution in [0.15, 0.2) is 6.20 Å². The second-order valence-corrected chi connectivity index (χ2v) is 4.85. The maximum absolute atomic E-state index is 5.97. The van der Waals surface area contributed by atoms with Crippen LogP contribution in [-0.2, 0) is 4.74 Å². The van der Waals surface area contributed by atoms with E-state index in [2.05, 4.69) is 15.3 Å².